The minimum atomic E-state index is -4.92. The Morgan fingerprint density at radius 2 is 1.73 bits per heavy atom. The van der Waals surface area contributed by atoms with Crippen LogP contribution in [0.25, 0.3) is 21.3 Å². The Labute approximate surface area is 217 Å². The number of benzene rings is 3. The summed E-state index contributed by atoms with van der Waals surface area (Å²) < 4.78 is 87.6. The molecule has 12 heteroatoms. The number of nitrogens with zero attached hydrogens (tertiary/aromatic N) is 3. The first-order valence-corrected chi connectivity index (χ1v) is 13.9. The highest BCUT2D eigenvalue weighted by atomic mass is 32.2. The average molecular weight is 564 g/mol. The Morgan fingerprint density at radius 1 is 1.00 bits per heavy atom. The number of hydrogen-bond donors (Lipinski definition) is 0. The fourth-order valence-corrected chi connectivity index (χ4v) is 7.33. The summed E-state index contributed by atoms with van der Waals surface area (Å²) in [6.07, 6.45) is -4.92. The molecule has 0 atom stereocenters. The van der Waals surface area contributed by atoms with E-state index in [9.17, 15) is 26.0 Å². The molecule has 0 aliphatic carbocycles. The van der Waals surface area contributed by atoms with Crippen LogP contribution < -0.4 is 4.31 Å². The summed E-state index contributed by atoms with van der Waals surface area (Å²) in [6.45, 7) is 1.35. The van der Waals surface area contributed by atoms with Crippen molar-refractivity contribution in [3.63, 3.8) is 0 Å². The number of thiophene rings is 1. The summed E-state index contributed by atoms with van der Waals surface area (Å²) >= 11 is 2.38. The van der Waals surface area contributed by atoms with Gasteiger partial charge in [-0.15, -0.1) is 16.4 Å². The van der Waals surface area contributed by atoms with E-state index in [4.69, 9.17) is 0 Å². The van der Waals surface area contributed by atoms with Gasteiger partial charge < -0.3 is 0 Å². The zero-order valence-electron chi connectivity index (χ0n) is 19.0. The van der Waals surface area contributed by atoms with Gasteiger partial charge in [-0.25, -0.2) is 12.8 Å². The molecule has 5 nitrogen and oxygen atoms in total. The highest BCUT2D eigenvalue weighted by Crippen LogP contribution is 2.41. The van der Waals surface area contributed by atoms with Gasteiger partial charge in [-0.3, -0.25) is 4.31 Å². The van der Waals surface area contributed by atoms with E-state index in [1.54, 1.807) is 24.4 Å². The molecule has 0 fully saturated rings. The van der Waals surface area contributed by atoms with Crippen LogP contribution in [0.1, 0.15) is 16.7 Å². The van der Waals surface area contributed by atoms with E-state index in [0.29, 0.717) is 34.0 Å². The van der Waals surface area contributed by atoms with Gasteiger partial charge in [0.05, 0.1) is 17.0 Å². The molecular weight excluding hydrogens is 546 g/mol. The number of rotatable bonds is 6. The monoisotopic (exact) mass is 563 g/mol. The molecule has 0 saturated carbocycles. The first-order valence-electron chi connectivity index (χ1n) is 10.8. The SMILES string of the molecule is Cc1c(N(Cc2ccc(F)c(C(F)(F)F)c2)S(=O)(=O)c2ccc(-c3csnn3)cc2)sc2ccccc12. The third-order valence-electron chi connectivity index (χ3n) is 5.81. The summed E-state index contributed by atoms with van der Waals surface area (Å²) in [7, 11) is -4.23. The number of aryl methyl sites for hydroxylation is 1. The second-order valence-corrected chi connectivity index (χ2v) is 11.7. The van der Waals surface area contributed by atoms with Crippen molar-refractivity contribution in [3.8, 4) is 11.3 Å². The van der Waals surface area contributed by atoms with Crippen LogP contribution in [0.15, 0.2) is 77.0 Å². The molecule has 5 rings (SSSR count). The van der Waals surface area contributed by atoms with Crippen molar-refractivity contribution in [1.29, 1.82) is 0 Å². The van der Waals surface area contributed by atoms with E-state index in [-0.39, 0.29) is 10.5 Å². The van der Waals surface area contributed by atoms with Gasteiger partial charge in [-0.2, -0.15) is 13.2 Å². The third kappa shape index (κ3) is 4.83. The number of anilines is 1. The molecular formula is C25H17F4N3O2S3. The Balaban J connectivity index is 1.62. The second-order valence-electron chi connectivity index (χ2n) is 8.17. The van der Waals surface area contributed by atoms with Crippen molar-refractivity contribution in [1.82, 2.24) is 9.59 Å². The molecule has 0 saturated heterocycles. The molecule has 0 aliphatic rings. The number of hydrogen-bond acceptors (Lipinski definition) is 6. The smallest absolute Gasteiger partial charge is 0.252 e. The fourth-order valence-electron chi connectivity index (χ4n) is 3.93. The van der Waals surface area contributed by atoms with Crippen molar-refractivity contribution < 1.29 is 26.0 Å². The molecule has 2 aromatic heterocycles. The Hall–Kier alpha value is -3.35. The number of alkyl halides is 3. The molecule has 0 unspecified atom stereocenters. The molecule has 3 aromatic carbocycles. The zero-order chi connectivity index (χ0) is 26.4. The van der Waals surface area contributed by atoms with E-state index >= 15 is 0 Å². The molecule has 5 aromatic rings. The number of aromatic nitrogens is 2. The van der Waals surface area contributed by atoms with Crippen LogP contribution >= 0.6 is 22.9 Å². The molecule has 0 spiro atoms. The summed E-state index contributed by atoms with van der Waals surface area (Å²) in [5.74, 6) is -1.42. The molecule has 2 heterocycles. The summed E-state index contributed by atoms with van der Waals surface area (Å²) in [6, 6.07) is 15.9. The Morgan fingerprint density at radius 3 is 2.38 bits per heavy atom. The zero-order valence-corrected chi connectivity index (χ0v) is 21.5. The topological polar surface area (TPSA) is 63.2 Å². The lowest BCUT2D eigenvalue weighted by Gasteiger charge is -2.24. The number of sulfonamides is 1. The summed E-state index contributed by atoms with van der Waals surface area (Å²) in [5, 5.41) is 6.91. The standard InChI is InChI=1S/C25H17F4N3O2S3/c1-15-19-4-2-3-5-23(19)36-24(15)32(13-16-6-11-21(26)20(12-16)25(27,28)29)37(33,34)18-9-7-17(8-10-18)22-14-35-31-30-22/h2-12,14H,13H2,1H3. The molecule has 0 radical (unpaired) electrons. The number of halogens is 4. The highest BCUT2D eigenvalue weighted by molar-refractivity contribution is 7.93. The van der Waals surface area contributed by atoms with Gasteiger partial charge in [0, 0.05) is 15.6 Å². The lowest BCUT2D eigenvalue weighted by Crippen LogP contribution is -2.30. The molecule has 0 amide bonds. The maximum Gasteiger partial charge on any atom is 0.419 e. The quantitative estimate of drug-likeness (QED) is 0.204. The molecule has 0 aliphatic heterocycles. The second kappa shape index (κ2) is 9.51. The van der Waals surface area contributed by atoms with Crippen LogP contribution in [-0.4, -0.2) is 18.0 Å². The third-order valence-corrected chi connectivity index (χ3v) is 9.48. The van der Waals surface area contributed by atoms with Gasteiger partial charge in [0.1, 0.15) is 16.5 Å². The van der Waals surface area contributed by atoms with Gasteiger partial charge in [-0.1, -0.05) is 40.9 Å². The van der Waals surface area contributed by atoms with Crippen molar-refractivity contribution in [2.24, 2.45) is 0 Å². The van der Waals surface area contributed by atoms with E-state index in [1.165, 1.54) is 23.5 Å². The number of fused-ring (bicyclic) bond motifs is 1. The van der Waals surface area contributed by atoms with Crippen molar-refractivity contribution in [2.75, 3.05) is 4.31 Å². The van der Waals surface area contributed by atoms with Crippen LogP contribution in [0.3, 0.4) is 0 Å². The first-order chi connectivity index (χ1) is 17.6. The predicted molar refractivity (Wildman–Crippen MR) is 137 cm³/mol. The summed E-state index contributed by atoms with van der Waals surface area (Å²) in [5.41, 5.74) is 0.492. The average Bonchev–Trinajstić information content (AvgIpc) is 3.52. The molecule has 0 bridgehead atoms. The lowest BCUT2D eigenvalue weighted by molar-refractivity contribution is -0.140. The predicted octanol–water partition coefficient (Wildman–Crippen LogP) is 7.28. The minimum absolute atomic E-state index is 0.000626. The van der Waals surface area contributed by atoms with Crippen LogP contribution in [0, 0.1) is 12.7 Å². The van der Waals surface area contributed by atoms with E-state index in [2.05, 4.69) is 9.59 Å². The fraction of sp³-hybridized carbons (Fsp3) is 0.120. The Kier molecular flexibility index (Phi) is 6.50. The van der Waals surface area contributed by atoms with Gasteiger partial charge in [-0.05, 0) is 65.3 Å². The minimum Gasteiger partial charge on any atom is -0.252 e. The van der Waals surface area contributed by atoms with Gasteiger partial charge in [0.25, 0.3) is 10.0 Å². The lowest BCUT2D eigenvalue weighted by atomic mass is 10.1. The Bertz CT molecular complexity index is 1680. The van der Waals surface area contributed by atoms with Crippen LogP contribution in [0.4, 0.5) is 22.6 Å². The maximum absolute atomic E-state index is 13.9. The molecule has 190 valence electrons. The molecule has 0 N–H and O–H groups in total. The van der Waals surface area contributed by atoms with Gasteiger partial charge in [0.15, 0.2) is 0 Å². The van der Waals surface area contributed by atoms with Crippen molar-refractivity contribution in [2.45, 2.75) is 24.5 Å². The van der Waals surface area contributed by atoms with E-state index in [1.807, 2.05) is 24.3 Å². The largest absolute Gasteiger partial charge is 0.419 e. The van der Waals surface area contributed by atoms with Crippen LogP contribution in [0.5, 0.6) is 0 Å². The molecule has 37 heavy (non-hydrogen) atoms. The van der Waals surface area contributed by atoms with E-state index < -0.39 is 34.1 Å². The van der Waals surface area contributed by atoms with Gasteiger partial charge in [0.2, 0.25) is 0 Å². The van der Waals surface area contributed by atoms with Crippen LogP contribution in [-0.2, 0) is 22.7 Å². The van der Waals surface area contributed by atoms with Crippen LogP contribution in [0.2, 0.25) is 0 Å². The summed E-state index contributed by atoms with van der Waals surface area (Å²) in [4.78, 5) is -0.0468. The van der Waals surface area contributed by atoms with Crippen molar-refractivity contribution in [3.05, 3.63) is 94.6 Å². The normalized spacial score (nSPS) is 12.2. The van der Waals surface area contributed by atoms with E-state index in [0.717, 1.165) is 32.0 Å². The van der Waals surface area contributed by atoms with Crippen molar-refractivity contribution >= 4 is 48.0 Å². The maximum atomic E-state index is 13.9. The highest BCUT2D eigenvalue weighted by Gasteiger charge is 2.35. The first kappa shape index (κ1) is 25.3. The van der Waals surface area contributed by atoms with Gasteiger partial charge >= 0.3 is 6.18 Å².